The monoisotopic (exact) mass is 412 g/mol. The summed E-state index contributed by atoms with van der Waals surface area (Å²) in [7, 11) is 0. The minimum Gasteiger partial charge on any atom is -0.325 e. The van der Waals surface area contributed by atoms with Crippen LogP contribution in [0.5, 0.6) is 0 Å². The van der Waals surface area contributed by atoms with Crippen LogP contribution in [0.3, 0.4) is 0 Å². The lowest BCUT2D eigenvalue weighted by atomic mass is 10.3. The van der Waals surface area contributed by atoms with E-state index in [0.717, 1.165) is 4.47 Å². The minimum atomic E-state index is -0.161. The molecule has 0 aliphatic carbocycles. The predicted octanol–water partition coefficient (Wildman–Crippen LogP) is 4.41. The molecule has 0 aromatic heterocycles. The highest BCUT2D eigenvalue weighted by Crippen LogP contribution is 2.21. The Hall–Kier alpha value is -1.50. The van der Waals surface area contributed by atoms with Gasteiger partial charge in [-0.05, 0) is 52.3 Å². The molecular weight excluding hydrogens is 400 g/mol. The molecule has 0 saturated carbocycles. The average Bonchev–Trinajstić information content (AvgIpc) is 2.52. The Balaban J connectivity index is 1.72. The van der Waals surface area contributed by atoms with Gasteiger partial charge in [-0.2, -0.15) is 0 Å². The van der Waals surface area contributed by atoms with Crippen LogP contribution in [0.25, 0.3) is 0 Å². The number of hydrogen-bond donors (Lipinski definition) is 2. The average molecular weight is 414 g/mol. The quantitative estimate of drug-likeness (QED) is 0.737. The van der Waals surface area contributed by atoms with Crippen molar-refractivity contribution in [2.75, 3.05) is 22.1 Å². The zero-order valence-corrected chi connectivity index (χ0v) is 15.2. The fourth-order valence-electron chi connectivity index (χ4n) is 1.72. The Morgan fingerprint density at radius 1 is 0.957 bits per heavy atom. The zero-order valence-electron chi connectivity index (χ0n) is 12.0. The lowest BCUT2D eigenvalue weighted by molar-refractivity contribution is -0.114. The number of amides is 2. The van der Waals surface area contributed by atoms with E-state index < -0.39 is 0 Å². The molecule has 0 aliphatic heterocycles. The molecule has 2 aromatic carbocycles. The van der Waals surface area contributed by atoms with Gasteiger partial charge < -0.3 is 10.6 Å². The molecule has 2 N–H and O–H groups in total. The van der Waals surface area contributed by atoms with Crippen molar-refractivity contribution in [2.24, 2.45) is 0 Å². The van der Waals surface area contributed by atoms with E-state index in [1.54, 1.807) is 30.3 Å². The molecule has 0 aliphatic rings. The van der Waals surface area contributed by atoms with Crippen LogP contribution in [-0.2, 0) is 9.59 Å². The molecule has 0 unspecified atom stereocenters. The molecular formula is C16H14BrClN2O2S. The summed E-state index contributed by atoms with van der Waals surface area (Å²) < 4.78 is 0.818. The second kappa shape index (κ2) is 8.96. The summed E-state index contributed by atoms with van der Waals surface area (Å²) >= 11 is 10.4. The molecule has 0 bridgehead atoms. The summed E-state index contributed by atoms with van der Waals surface area (Å²) in [6, 6.07) is 14.2. The summed E-state index contributed by atoms with van der Waals surface area (Å²) in [5.41, 5.74) is 1.39. The van der Waals surface area contributed by atoms with E-state index in [0.29, 0.717) is 16.4 Å². The van der Waals surface area contributed by atoms with Gasteiger partial charge in [0.2, 0.25) is 11.8 Å². The molecule has 0 atom stereocenters. The van der Waals surface area contributed by atoms with Crippen LogP contribution in [0.4, 0.5) is 11.4 Å². The first kappa shape index (κ1) is 17.8. The molecule has 7 heteroatoms. The molecule has 2 aromatic rings. The predicted molar refractivity (Wildman–Crippen MR) is 100 cm³/mol. The maximum absolute atomic E-state index is 11.8. The lowest BCUT2D eigenvalue weighted by Crippen LogP contribution is -2.18. The van der Waals surface area contributed by atoms with Gasteiger partial charge in [-0.1, -0.05) is 23.7 Å². The highest BCUT2D eigenvalue weighted by atomic mass is 79.9. The Kier molecular flexibility index (Phi) is 6.95. The van der Waals surface area contributed by atoms with Crippen LogP contribution < -0.4 is 10.6 Å². The van der Waals surface area contributed by atoms with Crippen LogP contribution in [0.1, 0.15) is 0 Å². The highest BCUT2D eigenvalue weighted by Gasteiger charge is 2.08. The third-order valence-electron chi connectivity index (χ3n) is 2.74. The Bertz CT molecular complexity index is 695. The molecule has 120 valence electrons. The number of nitrogens with one attached hydrogen (secondary N) is 2. The third-order valence-corrected chi connectivity index (χ3v) is 4.62. The normalized spacial score (nSPS) is 10.2. The number of rotatable bonds is 6. The van der Waals surface area contributed by atoms with E-state index >= 15 is 0 Å². The number of hydrogen-bond acceptors (Lipinski definition) is 3. The summed E-state index contributed by atoms with van der Waals surface area (Å²) in [6.45, 7) is 0. The largest absolute Gasteiger partial charge is 0.325 e. The Labute approximate surface area is 152 Å². The Morgan fingerprint density at radius 3 is 2.22 bits per heavy atom. The van der Waals surface area contributed by atoms with Crippen molar-refractivity contribution in [2.45, 2.75) is 0 Å². The van der Waals surface area contributed by atoms with Crippen molar-refractivity contribution in [3.8, 4) is 0 Å². The SMILES string of the molecule is O=C(CSCC(=O)Nc1ccccc1Br)Nc1ccc(Cl)cc1. The smallest absolute Gasteiger partial charge is 0.234 e. The van der Waals surface area contributed by atoms with Crippen LogP contribution in [0.15, 0.2) is 53.0 Å². The van der Waals surface area contributed by atoms with Gasteiger partial charge in [-0.15, -0.1) is 11.8 Å². The fourth-order valence-corrected chi connectivity index (χ4v) is 2.84. The maximum Gasteiger partial charge on any atom is 0.234 e. The number of benzene rings is 2. The first-order valence-corrected chi connectivity index (χ1v) is 9.05. The van der Waals surface area contributed by atoms with E-state index in [2.05, 4.69) is 26.6 Å². The molecule has 0 heterocycles. The van der Waals surface area contributed by atoms with Gasteiger partial charge in [0.05, 0.1) is 17.2 Å². The van der Waals surface area contributed by atoms with Crippen LogP contribution >= 0.6 is 39.3 Å². The van der Waals surface area contributed by atoms with Crippen molar-refractivity contribution in [3.63, 3.8) is 0 Å². The molecule has 0 radical (unpaired) electrons. The number of carbonyl (C=O) groups is 2. The Morgan fingerprint density at radius 2 is 1.57 bits per heavy atom. The minimum absolute atomic E-state index is 0.152. The third kappa shape index (κ3) is 6.25. The van der Waals surface area contributed by atoms with Gasteiger partial charge in [-0.25, -0.2) is 0 Å². The van der Waals surface area contributed by atoms with Gasteiger partial charge in [0.15, 0.2) is 0 Å². The van der Waals surface area contributed by atoms with Crippen LogP contribution in [-0.4, -0.2) is 23.3 Å². The maximum atomic E-state index is 11.8. The topological polar surface area (TPSA) is 58.2 Å². The highest BCUT2D eigenvalue weighted by molar-refractivity contribution is 9.10. The molecule has 0 spiro atoms. The molecule has 4 nitrogen and oxygen atoms in total. The second-order valence-corrected chi connectivity index (χ2v) is 6.85. The van der Waals surface area contributed by atoms with E-state index in [1.807, 2.05) is 18.2 Å². The van der Waals surface area contributed by atoms with Gasteiger partial charge in [0.25, 0.3) is 0 Å². The zero-order chi connectivity index (χ0) is 16.7. The molecule has 2 rings (SSSR count). The molecule has 2 amide bonds. The van der Waals surface area contributed by atoms with Crippen molar-refractivity contribution in [3.05, 3.63) is 58.0 Å². The van der Waals surface area contributed by atoms with Gasteiger partial charge in [-0.3, -0.25) is 9.59 Å². The number of anilines is 2. The fraction of sp³-hybridized carbons (Fsp3) is 0.125. The van der Waals surface area contributed by atoms with E-state index in [4.69, 9.17) is 11.6 Å². The summed E-state index contributed by atoms with van der Waals surface area (Å²) in [5.74, 6) is 0.0914. The first-order chi connectivity index (χ1) is 11.0. The standard InChI is InChI=1S/C16H14BrClN2O2S/c17-13-3-1-2-4-14(13)20-16(22)10-23-9-15(21)19-12-7-5-11(18)6-8-12/h1-8H,9-10H2,(H,19,21)(H,20,22). The number of thioether (sulfide) groups is 1. The number of para-hydroxylation sites is 1. The lowest BCUT2D eigenvalue weighted by Gasteiger charge is -2.07. The van der Waals surface area contributed by atoms with Gasteiger partial charge >= 0.3 is 0 Å². The van der Waals surface area contributed by atoms with Crippen molar-refractivity contribution in [1.29, 1.82) is 0 Å². The van der Waals surface area contributed by atoms with Crippen molar-refractivity contribution in [1.82, 2.24) is 0 Å². The molecule has 23 heavy (non-hydrogen) atoms. The van der Waals surface area contributed by atoms with E-state index in [1.165, 1.54) is 11.8 Å². The van der Waals surface area contributed by atoms with Crippen LogP contribution in [0.2, 0.25) is 5.02 Å². The second-order valence-electron chi connectivity index (χ2n) is 4.58. The van der Waals surface area contributed by atoms with Gasteiger partial charge in [0, 0.05) is 15.2 Å². The van der Waals surface area contributed by atoms with Crippen LogP contribution in [0, 0.1) is 0 Å². The van der Waals surface area contributed by atoms with Crippen molar-refractivity contribution < 1.29 is 9.59 Å². The number of carbonyl (C=O) groups excluding carboxylic acids is 2. The van der Waals surface area contributed by atoms with E-state index in [9.17, 15) is 9.59 Å². The molecule has 0 saturated heterocycles. The summed E-state index contributed by atoms with van der Waals surface area (Å²) in [6.07, 6.45) is 0. The van der Waals surface area contributed by atoms with Crippen molar-refractivity contribution >= 4 is 62.5 Å². The summed E-state index contributed by atoms with van der Waals surface area (Å²) in [5, 5.41) is 6.14. The summed E-state index contributed by atoms with van der Waals surface area (Å²) in [4.78, 5) is 23.6. The number of halogens is 2. The van der Waals surface area contributed by atoms with E-state index in [-0.39, 0.29) is 23.3 Å². The molecule has 0 fully saturated rings. The van der Waals surface area contributed by atoms with Gasteiger partial charge in [0.1, 0.15) is 0 Å². The first-order valence-electron chi connectivity index (χ1n) is 6.72.